The van der Waals surface area contributed by atoms with Crippen LogP contribution in [0.4, 0.5) is 0 Å². The zero-order valence-corrected chi connectivity index (χ0v) is 15.4. The molecule has 6 heteroatoms. The van der Waals surface area contributed by atoms with E-state index in [1.165, 1.54) is 0 Å². The minimum absolute atomic E-state index is 0. The van der Waals surface area contributed by atoms with Gasteiger partial charge in [0.15, 0.2) is 5.78 Å². The largest absolute Gasteiger partial charge is 0.335 e. The fraction of sp³-hybridized carbons (Fsp3) is 0.647. The van der Waals surface area contributed by atoms with Crippen LogP contribution < -0.4 is 5.32 Å². The molecule has 2 unspecified atom stereocenters. The number of Topliss-reactive ketones (excluding diaryl/α,β-unsaturated/α-hetero) is 1. The van der Waals surface area contributed by atoms with Crippen molar-refractivity contribution in [3.8, 4) is 0 Å². The number of amides is 1. The van der Waals surface area contributed by atoms with Crippen molar-refractivity contribution >= 4 is 35.4 Å². The van der Waals surface area contributed by atoms with Crippen LogP contribution in [0.15, 0.2) is 6.07 Å². The summed E-state index contributed by atoms with van der Waals surface area (Å²) in [6, 6.07) is 2.67. The maximum absolute atomic E-state index is 12.6. The van der Waals surface area contributed by atoms with Gasteiger partial charge in [-0.1, -0.05) is 0 Å². The second-order valence-electron chi connectivity index (χ2n) is 6.43. The van der Waals surface area contributed by atoms with Crippen LogP contribution in [0.3, 0.4) is 0 Å². The Morgan fingerprint density at radius 2 is 1.96 bits per heavy atom. The van der Waals surface area contributed by atoms with Gasteiger partial charge in [0.2, 0.25) is 5.91 Å². The number of nitrogens with zero attached hydrogens (tertiary/aromatic N) is 1. The highest BCUT2D eigenvalue weighted by Crippen LogP contribution is 2.29. The standard InChI is InChI=1S/C17H24N2O2S.ClH/c1-11-9-15(12(2)22-11)16(20)5-6-17(21)19-13-3-4-14(19)10-18-8-7-13;/h9,13-14,18H,3-8,10H2,1-2H3;1H. The third kappa shape index (κ3) is 3.95. The van der Waals surface area contributed by atoms with E-state index in [1.54, 1.807) is 11.3 Å². The molecule has 3 heterocycles. The Labute approximate surface area is 148 Å². The van der Waals surface area contributed by atoms with E-state index in [9.17, 15) is 9.59 Å². The van der Waals surface area contributed by atoms with E-state index in [0.717, 1.165) is 47.7 Å². The first-order chi connectivity index (χ1) is 10.6. The number of halogens is 1. The van der Waals surface area contributed by atoms with Crippen LogP contribution in [0.2, 0.25) is 0 Å². The van der Waals surface area contributed by atoms with Gasteiger partial charge < -0.3 is 10.2 Å². The number of aryl methyl sites for hydroxylation is 2. The number of hydrogen-bond acceptors (Lipinski definition) is 4. The van der Waals surface area contributed by atoms with Crippen molar-refractivity contribution in [1.29, 1.82) is 0 Å². The van der Waals surface area contributed by atoms with E-state index in [4.69, 9.17) is 0 Å². The van der Waals surface area contributed by atoms with Crippen LogP contribution in [0.25, 0.3) is 0 Å². The highest BCUT2D eigenvalue weighted by atomic mass is 35.5. The normalized spacial score (nSPS) is 23.3. The first-order valence-corrected chi connectivity index (χ1v) is 9.00. The predicted octanol–water partition coefficient (Wildman–Crippen LogP) is 3.10. The van der Waals surface area contributed by atoms with Crippen LogP contribution >= 0.6 is 23.7 Å². The number of rotatable bonds is 4. The number of nitrogens with one attached hydrogen (secondary N) is 1. The van der Waals surface area contributed by atoms with Crippen molar-refractivity contribution in [1.82, 2.24) is 10.2 Å². The average Bonchev–Trinajstić information content (AvgIpc) is 2.93. The first-order valence-electron chi connectivity index (χ1n) is 8.18. The van der Waals surface area contributed by atoms with Crippen molar-refractivity contribution in [2.45, 2.75) is 58.0 Å². The molecule has 4 nitrogen and oxygen atoms in total. The molecule has 2 fully saturated rings. The van der Waals surface area contributed by atoms with Crippen LogP contribution in [0.1, 0.15) is 52.2 Å². The lowest BCUT2D eigenvalue weighted by Gasteiger charge is -2.27. The lowest BCUT2D eigenvalue weighted by molar-refractivity contribution is -0.133. The second-order valence-corrected chi connectivity index (χ2v) is 7.89. The Morgan fingerprint density at radius 3 is 2.65 bits per heavy atom. The van der Waals surface area contributed by atoms with E-state index in [0.29, 0.717) is 24.9 Å². The molecule has 2 bridgehead atoms. The van der Waals surface area contributed by atoms with Gasteiger partial charge in [-0.05, 0) is 45.7 Å². The fourth-order valence-electron chi connectivity index (χ4n) is 3.78. The molecule has 0 aliphatic carbocycles. The summed E-state index contributed by atoms with van der Waals surface area (Å²) in [7, 11) is 0. The SMILES string of the molecule is Cc1cc(C(=O)CCC(=O)N2C3CCNCC2CC3)c(C)s1.Cl. The molecule has 1 amide bonds. The van der Waals surface area contributed by atoms with E-state index in [2.05, 4.69) is 10.2 Å². The molecule has 2 aliphatic rings. The van der Waals surface area contributed by atoms with Crippen molar-refractivity contribution in [2.75, 3.05) is 13.1 Å². The predicted molar refractivity (Wildman–Crippen MR) is 95.7 cm³/mol. The molecule has 23 heavy (non-hydrogen) atoms. The molecule has 1 aromatic rings. The van der Waals surface area contributed by atoms with Crippen LogP contribution in [0, 0.1) is 13.8 Å². The number of ketones is 1. The van der Waals surface area contributed by atoms with Gasteiger partial charge in [0.25, 0.3) is 0 Å². The molecule has 128 valence electrons. The van der Waals surface area contributed by atoms with Crippen molar-refractivity contribution < 1.29 is 9.59 Å². The fourth-order valence-corrected chi connectivity index (χ4v) is 4.72. The lowest BCUT2D eigenvalue weighted by Crippen LogP contribution is -2.42. The lowest BCUT2D eigenvalue weighted by atomic mass is 10.1. The molecule has 2 atom stereocenters. The molecule has 0 aromatic carbocycles. The molecule has 0 radical (unpaired) electrons. The number of fused-ring (bicyclic) bond motifs is 2. The molecular weight excluding hydrogens is 332 g/mol. The summed E-state index contributed by atoms with van der Waals surface area (Å²) in [4.78, 5) is 29.2. The molecule has 0 spiro atoms. The summed E-state index contributed by atoms with van der Waals surface area (Å²) in [5, 5.41) is 3.41. The Kier molecular flexibility index (Phi) is 6.23. The summed E-state index contributed by atoms with van der Waals surface area (Å²) in [5.41, 5.74) is 0.802. The summed E-state index contributed by atoms with van der Waals surface area (Å²) in [6.45, 7) is 5.89. The monoisotopic (exact) mass is 356 g/mol. The third-order valence-corrected chi connectivity index (χ3v) is 5.82. The summed E-state index contributed by atoms with van der Waals surface area (Å²) in [5.74, 6) is 0.268. The van der Waals surface area contributed by atoms with Gasteiger partial charge in [-0.25, -0.2) is 0 Å². The molecule has 1 aromatic heterocycles. The molecule has 3 rings (SSSR count). The Morgan fingerprint density at radius 1 is 1.22 bits per heavy atom. The summed E-state index contributed by atoms with van der Waals surface area (Å²) in [6.07, 6.45) is 3.94. The Bertz CT molecular complexity index is 573. The molecule has 2 aliphatic heterocycles. The van der Waals surface area contributed by atoms with Crippen molar-refractivity contribution in [2.24, 2.45) is 0 Å². The van der Waals surface area contributed by atoms with Gasteiger partial charge in [-0.15, -0.1) is 23.7 Å². The van der Waals surface area contributed by atoms with Crippen LogP contribution in [-0.2, 0) is 4.79 Å². The zero-order valence-electron chi connectivity index (χ0n) is 13.8. The number of thiophene rings is 1. The summed E-state index contributed by atoms with van der Waals surface area (Å²) >= 11 is 1.65. The van der Waals surface area contributed by atoms with Crippen molar-refractivity contribution in [3.05, 3.63) is 21.4 Å². The minimum Gasteiger partial charge on any atom is -0.335 e. The average molecular weight is 357 g/mol. The van der Waals surface area contributed by atoms with E-state index in [1.807, 2.05) is 19.9 Å². The Hall–Kier alpha value is -0.910. The Balaban J connectivity index is 0.00000192. The third-order valence-electron chi connectivity index (χ3n) is 4.85. The number of carbonyl (C=O) groups is 2. The molecule has 1 N–H and O–H groups in total. The van der Waals surface area contributed by atoms with Crippen molar-refractivity contribution in [3.63, 3.8) is 0 Å². The smallest absolute Gasteiger partial charge is 0.223 e. The van der Waals surface area contributed by atoms with Gasteiger partial charge in [-0.3, -0.25) is 9.59 Å². The maximum atomic E-state index is 12.6. The van der Waals surface area contributed by atoms with Gasteiger partial charge in [0.05, 0.1) is 0 Å². The van der Waals surface area contributed by atoms with Crippen LogP contribution in [-0.4, -0.2) is 41.8 Å². The van der Waals surface area contributed by atoms with Gasteiger partial charge in [0.1, 0.15) is 0 Å². The molecule has 0 saturated carbocycles. The zero-order chi connectivity index (χ0) is 15.7. The topological polar surface area (TPSA) is 49.4 Å². The second kappa shape index (κ2) is 7.77. The number of hydrogen-bond donors (Lipinski definition) is 1. The van der Waals surface area contributed by atoms with Gasteiger partial charge >= 0.3 is 0 Å². The maximum Gasteiger partial charge on any atom is 0.223 e. The van der Waals surface area contributed by atoms with Gasteiger partial charge in [0, 0.05) is 46.8 Å². The first kappa shape index (κ1) is 18.4. The quantitative estimate of drug-likeness (QED) is 0.843. The van der Waals surface area contributed by atoms with E-state index in [-0.39, 0.29) is 24.1 Å². The van der Waals surface area contributed by atoms with E-state index < -0.39 is 0 Å². The minimum atomic E-state index is 0. The molecular formula is C17H25ClN2O2S. The number of carbonyl (C=O) groups excluding carboxylic acids is 2. The van der Waals surface area contributed by atoms with Crippen LogP contribution in [0.5, 0.6) is 0 Å². The van der Waals surface area contributed by atoms with E-state index >= 15 is 0 Å². The summed E-state index contributed by atoms with van der Waals surface area (Å²) < 4.78 is 0. The molecule has 2 saturated heterocycles. The highest BCUT2D eigenvalue weighted by Gasteiger charge is 2.37. The highest BCUT2D eigenvalue weighted by molar-refractivity contribution is 7.12. The van der Waals surface area contributed by atoms with Gasteiger partial charge in [-0.2, -0.15) is 0 Å².